The van der Waals surface area contributed by atoms with Gasteiger partial charge < -0.3 is 19.5 Å². The van der Waals surface area contributed by atoms with Crippen molar-refractivity contribution in [2.75, 3.05) is 32.8 Å². The number of carbonyl (C=O) groups excluding carboxylic acids is 2. The topological polar surface area (TPSA) is 76.5 Å². The Kier molecular flexibility index (Phi) is 6.22. The van der Waals surface area contributed by atoms with E-state index in [-0.39, 0.29) is 18.4 Å². The van der Waals surface area contributed by atoms with Crippen molar-refractivity contribution in [3.05, 3.63) is 30.1 Å². The van der Waals surface area contributed by atoms with Gasteiger partial charge in [0.05, 0.1) is 24.2 Å². The Balaban J connectivity index is 1.73. The molecule has 2 heterocycles. The average molecular weight is 358 g/mol. The Hall–Kier alpha value is -2.41. The first-order valence-electron chi connectivity index (χ1n) is 9.25. The number of nitrogens with zero attached hydrogens (tertiary/aromatic N) is 3. The molecule has 7 nitrogen and oxygen atoms in total. The quantitative estimate of drug-likeness (QED) is 0.811. The molecule has 1 aliphatic heterocycles. The smallest absolute Gasteiger partial charge is 0.242 e. The summed E-state index contributed by atoms with van der Waals surface area (Å²) in [7, 11) is 0. The largest absolute Gasteiger partial charge is 0.378 e. The van der Waals surface area contributed by atoms with Gasteiger partial charge >= 0.3 is 0 Å². The molecule has 0 aliphatic carbocycles. The van der Waals surface area contributed by atoms with E-state index >= 15 is 0 Å². The minimum Gasteiger partial charge on any atom is -0.378 e. The van der Waals surface area contributed by atoms with Gasteiger partial charge in [-0.25, -0.2) is 4.98 Å². The van der Waals surface area contributed by atoms with E-state index in [1.165, 1.54) is 0 Å². The fourth-order valence-electron chi connectivity index (χ4n) is 3.17. The van der Waals surface area contributed by atoms with Crippen LogP contribution in [0.15, 0.2) is 24.3 Å². The number of fused-ring (bicyclic) bond motifs is 1. The van der Waals surface area contributed by atoms with Crippen LogP contribution in [0.4, 0.5) is 0 Å². The van der Waals surface area contributed by atoms with E-state index in [2.05, 4.69) is 10.3 Å². The summed E-state index contributed by atoms with van der Waals surface area (Å²) >= 11 is 0. The number of nitrogens with one attached hydrogen (secondary N) is 1. The zero-order valence-corrected chi connectivity index (χ0v) is 15.2. The Labute approximate surface area is 153 Å². The lowest BCUT2D eigenvalue weighted by molar-refractivity contribution is -0.135. The van der Waals surface area contributed by atoms with E-state index in [1.54, 1.807) is 0 Å². The molecule has 1 aliphatic rings. The van der Waals surface area contributed by atoms with E-state index in [0.717, 1.165) is 23.3 Å². The van der Waals surface area contributed by atoms with Gasteiger partial charge in [-0.05, 0) is 18.6 Å². The summed E-state index contributed by atoms with van der Waals surface area (Å²) < 4.78 is 7.29. The number of ether oxygens (including phenoxy) is 1. The summed E-state index contributed by atoms with van der Waals surface area (Å²) in [5, 5.41) is 2.92. The van der Waals surface area contributed by atoms with Gasteiger partial charge in [-0.1, -0.05) is 19.1 Å². The van der Waals surface area contributed by atoms with Crippen LogP contribution in [0.1, 0.15) is 25.6 Å². The van der Waals surface area contributed by atoms with Crippen molar-refractivity contribution in [3.8, 4) is 0 Å². The Morgan fingerprint density at radius 2 is 2.00 bits per heavy atom. The third-order valence-electron chi connectivity index (χ3n) is 4.54. The predicted molar refractivity (Wildman–Crippen MR) is 98.8 cm³/mol. The first kappa shape index (κ1) is 18.4. The van der Waals surface area contributed by atoms with Crippen LogP contribution in [0.3, 0.4) is 0 Å². The van der Waals surface area contributed by atoms with Gasteiger partial charge in [0.2, 0.25) is 11.8 Å². The van der Waals surface area contributed by atoms with E-state index in [0.29, 0.717) is 45.7 Å². The molecule has 1 aromatic carbocycles. The van der Waals surface area contributed by atoms with Crippen molar-refractivity contribution >= 4 is 22.8 Å². The molecule has 1 fully saturated rings. The van der Waals surface area contributed by atoms with Crippen molar-refractivity contribution in [3.63, 3.8) is 0 Å². The maximum Gasteiger partial charge on any atom is 0.242 e. The zero-order chi connectivity index (χ0) is 18.4. The molecule has 2 amide bonds. The van der Waals surface area contributed by atoms with Crippen LogP contribution >= 0.6 is 0 Å². The zero-order valence-electron chi connectivity index (χ0n) is 15.2. The van der Waals surface area contributed by atoms with E-state index in [4.69, 9.17) is 4.74 Å². The molecule has 26 heavy (non-hydrogen) atoms. The molecule has 1 N–H and O–H groups in total. The van der Waals surface area contributed by atoms with Gasteiger partial charge in [0, 0.05) is 32.5 Å². The van der Waals surface area contributed by atoms with Gasteiger partial charge in [0.1, 0.15) is 12.4 Å². The number of aromatic nitrogens is 2. The van der Waals surface area contributed by atoms with Crippen molar-refractivity contribution < 1.29 is 14.3 Å². The van der Waals surface area contributed by atoms with Gasteiger partial charge in [0.25, 0.3) is 0 Å². The Bertz CT molecular complexity index is 765. The molecule has 0 bridgehead atoms. The molecule has 0 radical (unpaired) electrons. The molecule has 1 aromatic heterocycles. The molecule has 7 heteroatoms. The van der Waals surface area contributed by atoms with Gasteiger partial charge in [-0.2, -0.15) is 0 Å². The van der Waals surface area contributed by atoms with Crippen LogP contribution in [0.5, 0.6) is 0 Å². The van der Waals surface area contributed by atoms with Gasteiger partial charge in [0.15, 0.2) is 0 Å². The lowest BCUT2D eigenvalue weighted by Crippen LogP contribution is -2.42. The van der Waals surface area contributed by atoms with Crippen molar-refractivity contribution in [1.29, 1.82) is 0 Å². The molecule has 0 unspecified atom stereocenters. The summed E-state index contributed by atoms with van der Waals surface area (Å²) in [4.78, 5) is 30.9. The molecule has 0 spiro atoms. The maximum atomic E-state index is 12.7. The SMILES string of the molecule is CCCC(=O)NCCc1nc2ccccc2n1CC(=O)N1CCOCC1. The number of hydrogen-bond donors (Lipinski definition) is 1. The van der Waals surface area contributed by atoms with Crippen LogP contribution < -0.4 is 5.32 Å². The first-order valence-corrected chi connectivity index (χ1v) is 9.25. The Morgan fingerprint density at radius 3 is 2.77 bits per heavy atom. The van der Waals surface area contributed by atoms with Crippen LogP contribution in [0.25, 0.3) is 11.0 Å². The number of carbonyl (C=O) groups is 2. The van der Waals surface area contributed by atoms with Crippen molar-refractivity contribution in [1.82, 2.24) is 19.8 Å². The summed E-state index contributed by atoms with van der Waals surface area (Å²) in [5.74, 6) is 0.955. The second-order valence-corrected chi connectivity index (χ2v) is 6.45. The van der Waals surface area contributed by atoms with Crippen LogP contribution in [0, 0.1) is 0 Å². The lowest BCUT2D eigenvalue weighted by Gasteiger charge is -2.27. The fraction of sp³-hybridized carbons (Fsp3) is 0.526. The van der Waals surface area contributed by atoms with Crippen LogP contribution in [-0.2, 0) is 27.3 Å². The molecule has 1 saturated heterocycles. The summed E-state index contributed by atoms with van der Waals surface area (Å²) in [5.41, 5.74) is 1.82. The number of rotatable bonds is 7. The van der Waals surface area contributed by atoms with Crippen molar-refractivity contribution in [2.24, 2.45) is 0 Å². The number of para-hydroxylation sites is 2. The normalized spacial score (nSPS) is 14.6. The minimum atomic E-state index is 0.0551. The summed E-state index contributed by atoms with van der Waals surface area (Å²) in [6.45, 7) is 5.21. The predicted octanol–water partition coefficient (Wildman–Crippen LogP) is 1.35. The Morgan fingerprint density at radius 1 is 1.23 bits per heavy atom. The minimum absolute atomic E-state index is 0.0551. The number of benzene rings is 1. The van der Waals surface area contributed by atoms with Crippen LogP contribution in [-0.4, -0.2) is 59.1 Å². The standard InChI is InChI=1S/C19H26N4O3/c1-2-5-18(24)20-9-8-17-21-15-6-3-4-7-16(15)23(17)14-19(25)22-10-12-26-13-11-22/h3-4,6-7H,2,5,8-14H2,1H3,(H,20,24). The monoisotopic (exact) mass is 358 g/mol. The number of amides is 2. The number of morpholine rings is 1. The molecule has 2 aromatic rings. The first-order chi connectivity index (χ1) is 12.7. The highest BCUT2D eigenvalue weighted by atomic mass is 16.5. The average Bonchev–Trinajstić information content (AvgIpc) is 3.00. The second kappa shape index (κ2) is 8.80. The second-order valence-electron chi connectivity index (χ2n) is 6.45. The fourth-order valence-corrected chi connectivity index (χ4v) is 3.17. The molecule has 0 atom stereocenters. The highest BCUT2D eigenvalue weighted by Crippen LogP contribution is 2.17. The van der Waals surface area contributed by atoms with E-state index < -0.39 is 0 Å². The number of imidazole rings is 1. The third-order valence-corrected chi connectivity index (χ3v) is 4.54. The molecule has 3 rings (SSSR count). The van der Waals surface area contributed by atoms with Crippen LogP contribution in [0.2, 0.25) is 0 Å². The van der Waals surface area contributed by atoms with Gasteiger partial charge in [-0.15, -0.1) is 0 Å². The molecule has 140 valence electrons. The third kappa shape index (κ3) is 4.40. The highest BCUT2D eigenvalue weighted by Gasteiger charge is 2.20. The molecule has 0 saturated carbocycles. The number of hydrogen-bond acceptors (Lipinski definition) is 4. The molecular formula is C19H26N4O3. The lowest BCUT2D eigenvalue weighted by atomic mass is 10.3. The van der Waals surface area contributed by atoms with E-state index in [1.807, 2.05) is 40.7 Å². The summed E-state index contributed by atoms with van der Waals surface area (Å²) in [6, 6.07) is 7.82. The van der Waals surface area contributed by atoms with Gasteiger partial charge in [-0.3, -0.25) is 9.59 Å². The highest BCUT2D eigenvalue weighted by molar-refractivity contribution is 5.81. The maximum absolute atomic E-state index is 12.7. The summed E-state index contributed by atoms with van der Waals surface area (Å²) in [6.07, 6.45) is 1.96. The molecular weight excluding hydrogens is 332 g/mol. The van der Waals surface area contributed by atoms with Crippen molar-refractivity contribution in [2.45, 2.75) is 32.7 Å². The van der Waals surface area contributed by atoms with E-state index in [9.17, 15) is 9.59 Å².